The topological polar surface area (TPSA) is 79.8 Å². The van der Waals surface area contributed by atoms with Gasteiger partial charge in [-0.3, -0.25) is 19.7 Å². The number of aromatic nitrogens is 3. The predicted molar refractivity (Wildman–Crippen MR) is 141 cm³/mol. The fourth-order valence-electron chi connectivity index (χ4n) is 4.72. The number of piperidine rings is 1. The summed E-state index contributed by atoms with van der Waals surface area (Å²) < 4.78 is 0. The molecule has 3 aromatic heterocycles. The first-order chi connectivity index (χ1) is 17.0. The number of ketones is 1. The molecule has 0 radical (unpaired) electrons. The molecular formula is C29H31N5O. The van der Waals surface area contributed by atoms with Gasteiger partial charge < -0.3 is 10.6 Å². The Morgan fingerprint density at radius 1 is 1.00 bits per heavy atom. The maximum atomic E-state index is 13.1. The number of carbonyl (C=O) groups is 1. The van der Waals surface area contributed by atoms with Crippen LogP contribution in [0.4, 0.5) is 5.69 Å². The van der Waals surface area contributed by atoms with E-state index in [9.17, 15) is 4.79 Å². The number of carbonyl (C=O) groups excluding carboxylic acids is 1. The molecular weight excluding hydrogens is 434 g/mol. The summed E-state index contributed by atoms with van der Waals surface area (Å²) in [6.07, 6.45) is 9.78. The number of nitrogens with one attached hydrogen (secondary N) is 2. The highest BCUT2D eigenvalue weighted by atomic mass is 16.1. The average molecular weight is 466 g/mol. The van der Waals surface area contributed by atoms with Crippen LogP contribution in [0.5, 0.6) is 0 Å². The molecule has 1 aliphatic rings. The Bertz CT molecular complexity index is 1340. The molecule has 0 aliphatic carbocycles. The van der Waals surface area contributed by atoms with Gasteiger partial charge in [-0.15, -0.1) is 0 Å². The summed E-state index contributed by atoms with van der Waals surface area (Å²) >= 11 is 0. The molecule has 1 saturated heterocycles. The van der Waals surface area contributed by atoms with Crippen molar-refractivity contribution in [3.05, 3.63) is 84.1 Å². The van der Waals surface area contributed by atoms with E-state index in [1.54, 1.807) is 6.20 Å². The van der Waals surface area contributed by atoms with Gasteiger partial charge >= 0.3 is 0 Å². The lowest BCUT2D eigenvalue weighted by Crippen LogP contribution is -2.26. The van der Waals surface area contributed by atoms with Crippen LogP contribution in [0.25, 0.3) is 22.0 Å². The number of fused-ring (bicyclic) bond motifs is 1. The van der Waals surface area contributed by atoms with Crippen LogP contribution < -0.4 is 10.6 Å². The monoisotopic (exact) mass is 465 g/mol. The first kappa shape index (κ1) is 23.1. The van der Waals surface area contributed by atoms with Crippen molar-refractivity contribution in [3.63, 3.8) is 0 Å². The Kier molecular flexibility index (Phi) is 6.82. The largest absolute Gasteiger partial charge is 0.382 e. The van der Waals surface area contributed by atoms with Crippen LogP contribution in [-0.4, -0.2) is 39.9 Å². The molecule has 5 rings (SSSR count). The maximum Gasteiger partial charge on any atom is 0.168 e. The molecule has 0 saturated carbocycles. The third-order valence-corrected chi connectivity index (χ3v) is 6.51. The lowest BCUT2D eigenvalue weighted by molar-refractivity contribution is 0.0992. The summed E-state index contributed by atoms with van der Waals surface area (Å²) in [5, 5.41) is 8.75. The molecule has 6 nitrogen and oxygen atoms in total. The van der Waals surface area contributed by atoms with Gasteiger partial charge in [-0.25, -0.2) is 0 Å². The van der Waals surface area contributed by atoms with Crippen molar-refractivity contribution in [2.24, 2.45) is 0 Å². The smallest absolute Gasteiger partial charge is 0.168 e. The van der Waals surface area contributed by atoms with Gasteiger partial charge in [0.1, 0.15) is 0 Å². The molecule has 178 valence electrons. The van der Waals surface area contributed by atoms with Crippen molar-refractivity contribution in [3.8, 4) is 11.3 Å². The molecule has 1 fully saturated rings. The summed E-state index contributed by atoms with van der Waals surface area (Å²) in [7, 11) is 0. The van der Waals surface area contributed by atoms with Crippen molar-refractivity contribution in [1.82, 2.24) is 20.3 Å². The van der Waals surface area contributed by atoms with Crippen molar-refractivity contribution in [2.45, 2.75) is 45.1 Å². The second-order valence-electron chi connectivity index (χ2n) is 9.60. The third-order valence-electron chi connectivity index (χ3n) is 6.51. The van der Waals surface area contributed by atoms with Gasteiger partial charge in [-0.2, -0.15) is 0 Å². The molecule has 0 bridgehead atoms. The van der Waals surface area contributed by atoms with Gasteiger partial charge in [-0.1, -0.05) is 18.2 Å². The Balaban J connectivity index is 1.36. The number of benzene rings is 1. The number of Topliss-reactive ketones (excluding diaryl/α,β-unsaturated/α-hetero) is 1. The lowest BCUT2D eigenvalue weighted by atomic mass is 9.88. The van der Waals surface area contributed by atoms with Crippen LogP contribution in [0.1, 0.15) is 54.2 Å². The molecule has 0 amide bonds. The van der Waals surface area contributed by atoms with Crippen LogP contribution in [0.3, 0.4) is 0 Å². The van der Waals surface area contributed by atoms with Crippen molar-refractivity contribution in [2.75, 3.05) is 18.4 Å². The van der Waals surface area contributed by atoms with Crippen molar-refractivity contribution >= 4 is 22.2 Å². The Morgan fingerprint density at radius 2 is 1.83 bits per heavy atom. The molecule has 1 aromatic carbocycles. The van der Waals surface area contributed by atoms with E-state index in [1.807, 2.05) is 42.9 Å². The second kappa shape index (κ2) is 10.3. The SMILES string of the molecule is CC(C)Nc1cncc(-c2cc3cc(CC(=O)c4cccc(C5CCNCC5)c4)ncc3cn2)c1. The van der Waals surface area contributed by atoms with Gasteiger partial charge in [0.05, 0.1) is 17.8 Å². The van der Waals surface area contributed by atoms with E-state index in [4.69, 9.17) is 0 Å². The summed E-state index contributed by atoms with van der Waals surface area (Å²) in [5.74, 6) is 0.621. The number of anilines is 1. The number of pyridine rings is 3. The zero-order valence-corrected chi connectivity index (χ0v) is 20.3. The van der Waals surface area contributed by atoms with E-state index in [1.165, 1.54) is 5.56 Å². The normalized spacial score (nSPS) is 14.4. The fraction of sp³-hybridized carbons (Fsp3) is 0.310. The minimum absolute atomic E-state index is 0.0959. The summed E-state index contributed by atoms with van der Waals surface area (Å²) in [6, 6.07) is 14.6. The molecule has 4 aromatic rings. The van der Waals surface area contributed by atoms with E-state index < -0.39 is 0 Å². The number of rotatable bonds is 7. The lowest BCUT2D eigenvalue weighted by Gasteiger charge is -2.23. The van der Waals surface area contributed by atoms with Crippen LogP contribution in [0.2, 0.25) is 0 Å². The molecule has 0 atom stereocenters. The van der Waals surface area contributed by atoms with E-state index in [-0.39, 0.29) is 12.2 Å². The zero-order valence-electron chi connectivity index (χ0n) is 20.3. The van der Waals surface area contributed by atoms with Gasteiger partial charge in [0.25, 0.3) is 0 Å². The summed E-state index contributed by atoms with van der Waals surface area (Å²) in [6.45, 7) is 6.27. The van der Waals surface area contributed by atoms with Crippen molar-refractivity contribution in [1.29, 1.82) is 0 Å². The maximum absolute atomic E-state index is 13.1. The minimum atomic E-state index is 0.0959. The number of hydrogen-bond donors (Lipinski definition) is 2. The second-order valence-corrected chi connectivity index (χ2v) is 9.60. The molecule has 0 spiro atoms. The Morgan fingerprint density at radius 3 is 2.66 bits per heavy atom. The fourth-order valence-corrected chi connectivity index (χ4v) is 4.72. The zero-order chi connectivity index (χ0) is 24.2. The van der Waals surface area contributed by atoms with E-state index in [2.05, 4.69) is 57.6 Å². The van der Waals surface area contributed by atoms with Crippen LogP contribution >= 0.6 is 0 Å². The Labute approximate surface area is 206 Å². The van der Waals surface area contributed by atoms with E-state index >= 15 is 0 Å². The van der Waals surface area contributed by atoms with Gasteiger partial charge in [0.15, 0.2) is 5.78 Å². The number of nitrogens with zero attached hydrogens (tertiary/aromatic N) is 3. The average Bonchev–Trinajstić information content (AvgIpc) is 2.88. The highest BCUT2D eigenvalue weighted by molar-refractivity contribution is 5.98. The quantitative estimate of drug-likeness (QED) is 0.356. The van der Waals surface area contributed by atoms with Crippen molar-refractivity contribution < 1.29 is 4.79 Å². The number of hydrogen-bond acceptors (Lipinski definition) is 6. The predicted octanol–water partition coefficient (Wildman–Crippen LogP) is 5.40. The van der Waals surface area contributed by atoms with Crippen LogP contribution in [0.15, 0.2) is 67.3 Å². The molecule has 2 N–H and O–H groups in total. The standard InChI is InChI=1S/C29H31N5O/c1-19(2)34-27-12-24(15-31-18-27)28-13-23-11-26(32-16-25(23)17-33-28)14-29(35)22-5-3-4-21(10-22)20-6-8-30-9-7-20/h3-5,10-13,15-20,30,34H,6-9,14H2,1-2H3. The third kappa shape index (κ3) is 5.54. The van der Waals surface area contributed by atoms with E-state index in [0.717, 1.165) is 64.9 Å². The van der Waals surface area contributed by atoms with Gasteiger partial charge in [-0.05, 0) is 80.9 Å². The molecule has 0 unspecified atom stereocenters. The Hall–Kier alpha value is -3.64. The molecule has 1 aliphatic heterocycles. The van der Waals surface area contributed by atoms with Crippen LogP contribution in [0, 0.1) is 0 Å². The summed E-state index contributed by atoms with van der Waals surface area (Å²) in [4.78, 5) is 26.6. The van der Waals surface area contributed by atoms with Crippen LogP contribution in [-0.2, 0) is 6.42 Å². The van der Waals surface area contributed by atoms with E-state index in [0.29, 0.717) is 12.0 Å². The van der Waals surface area contributed by atoms with Gasteiger partial charge in [0, 0.05) is 53.0 Å². The highest BCUT2D eigenvalue weighted by Gasteiger charge is 2.17. The molecule has 35 heavy (non-hydrogen) atoms. The molecule has 6 heteroatoms. The minimum Gasteiger partial charge on any atom is -0.382 e. The summed E-state index contributed by atoms with van der Waals surface area (Å²) in [5.41, 5.74) is 5.55. The highest BCUT2D eigenvalue weighted by Crippen LogP contribution is 2.27. The first-order valence-corrected chi connectivity index (χ1v) is 12.4. The van der Waals surface area contributed by atoms with Gasteiger partial charge in [0.2, 0.25) is 0 Å². The molecule has 4 heterocycles. The first-order valence-electron chi connectivity index (χ1n) is 12.4.